The summed E-state index contributed by atoms with van der Waals surface area (Å²) in [6.45, 7) is 0. The Morgan fingerprint density at radius 2 is 1.14 bits per heavy atom. The maximum atomic E-state index is 12.3. The minimum atomic E-state index is -0.00939. The summed E-state index contributed by atoms with van der Waals surface area (Å²) in [6, 6.07) is 27.2. The Morgan fingerprint density at radius 3 is 1.76 bits per heavy atom. The summed E-state index contributed by atoms with van der Waals surface area (Å²) < 4.78 is 5.68. The summed E-state index contributed by atoms with van der Waals surface area (Å²) in [5.41, 5.74) is 1.29. The van der Waals surface area contributed by atoms with Crippen LogP contribution in [0.1, 0.15) is 15.9 Å². The van der Waals surface area contributed by atoms with Crippen LogP contribution in [-0.4, -0.2) is 5.78 Å². The van der Waals surface area contributed by atoms with Crippen molar-refractivity contribution < 1.29 is 9.53 Å². The molecule has 0 spiro atoms. The lowest BCUT2D eigenvalue weighted by atomic mass is 10.0. The van der Waals surface area contributed by atoms with E-state index >= 15 is 0 Å². The molecule has 0 saturated heterocycles. The highest BCUT2D eigenvalue weighted by molar-refractivity contribution is 6.08. The van der Waals surface area contributed by atoms with E-state index in [0.29, 0.717) is 16.9 Å². The van der Waals surface area contributed by atoms with Gasteiger partial charge >= 0.3 is 0 Å². The monoisotopic (exact) mass is 272 g/mol. The van der Waals surface area contributed by atoms with Crippen LogP contribution in [0.3, 0.4) is 0 Å². The molecule has 0 bridgehead atoms. The largest absolute Gasteiger partial charge is 0.457 e. The second-order valence-corrected chi connectivity index (χ2v) is 4.48. The van der Waals surface area contributed by atoms with E-state index in [9.17, 15) is 4.79 Å². The molecule has 0 saturated carbocycles. The standard InChI is InChI=1S/C19H12O2/c20-19(15-7-3-1-4-8-15)16-11-13-18(14-12-16)21-17-9-5-2-6-10-17/h3-14H. The van der Waals surface area contributed by atoms with Gasteiger partial charge in [-0.2, -0.15) is 0 Å². The second kappa shape index (κ2) is 6.06. The van der Waals surface area contributed by atoms with Gasteiger partial charge < -0.3 is 4.74 Å². The fourth-order valence-electron chi connectivity index (χ4n) is 1.96. The van der Waals surface area contributed by atoms with Gasteiger partial charge in [-0.1, -0.05) is 36.4 Å². The number of carbonyl (C=O) groups is 1. The van der Waals surface area contributed by atoms with Gasteiger partial charge in [0.2, 0.25) is 0 Å². The lowest BCUT2D eigenvalue weighted by Crippen LogP contribution is -2.00. The van der Waals surface area contributed by atoms with Gasteiger partial charge in [0, 0.05) is 11.1 Å². The topological polar surface area (TPSA) is 26.3 Å². The molecule has 0 N–H and O–H groups in total. The first-order valence-electron chi connectivity index (χ1n) is 6.58. The highest BCUT2D eigenvalue weighted by atomic mass is 16.5. The Hall–Kier alpha value is -2.87. The number of hydrogen-bond acceptors (Lipinski definition) is 2. The Morgan fingerprint density at radius 1 is 0.667 bits per heavy atom. The third-order valence-electron chi connectivity index (χ3n) is 3.02. The third kappa shape index (κ3) is 3.18. The Balaban J connectivity index is 1.77. The number of carbonyl (C=O) groups excluding carboxylic acids is 1. The van der Waals surface area contributed by atoms with Crippen LogP contribution in [0.2, 0.25) is 0 Å². The number of hydrogen-bond donors (Lipinski definition) is 0. The minimum absolute atomic E-state index is 0.00939. The molecule has 0 aliphatic heterocycles. The van der Waals surface area contributed by atoms with Gasteiger partial charge in [0.25, 0.3) is 0 Å². The zero-order chi connectivity index (χ0) is 14.5. The van der Waals surface area contributed by atoms with E-state index in [1.54, 1.807) is 60.7 Å². The van der Waals surface area contributed by atoms with Crippen molar-refractivity contribution in [1.29, 1.82) is 0 Å². The SMILES string of the molecule is O=C(c1cc[c]cc1)c1ccc(Oc2cc[c]cc2)cc1. The molecule has 3 aromatic carbocycles. The maximum absolute atomic E-state index is 12.3. The molecule has 3 aromatic rings. The summed E-state index contributed by atoms with van der Waals surface area (Å²) in [7, 11) is 0. The summed E-state index contributed by atoms with van der Waals surface area (Å²) in [6.07, 6.45) is 0. The van der Waals surface area contributed by atoms with Crippen LogP contribution in [0.15, 0.2) is 72.8 Å². The van der Waals surface area contributed by atoms with E-state index in [4.69, 9.17) is 4.74 Å². The molecule has 0 unspecified atom stereocenters. The first-order chi connectivity index (χ1) is 10.3. The van der Waals surface area contributed by atoms with Crippen LogP contribution in [0, 0.1) is 12.1 Å². The van der Waals surface area contributed by atoms with Crippen molar-refractivity contribution >= 4 is 5.78 Å². The molecule has 100 valence electrons. The average molecular weight is 272 g/mol. The van der Waals surface area contributed by atoms with Crippen molar-refractivity contribution in [3.8, 4) is 11.5 Å². The smallest absolute Gasteiger partial charge is 0.193 e. The zero-order valence-electron chi connectivity index (χ0n) is 11.2. The van der Waals surface area contributed by atoms with Crippen LogP contribution in [-0.2, 0) is 0 Å². The third-order valence-corrected chi connectivity index (χ3v) is 3.02. The van der Waals surface area contributed by atoms with E-state index in [2.05, 4.69) is 12.1 Å². The fourth-order valence-corrected chi connectivity index (χ4v) is 1.96. The highest BCUT2D eigenvalue weighted by Crippen LogP contribution is 2.21. The quantitative estimate of drug-likeness (QED) is 0.661. The molecule has 21 heavy (non-hydrogen) atoms. The van der Waals surface area contributed by atoms with E-state index in [-0.39, 0.29) is 5.78 Å². The summed E-state index contributed by atoms with van der Waals surface area (Å²) in [5.74, 6) is 1.43. The van der Waals surface area contributed by atoms with Crippen molar-refractivity contribution in [2.75, 3.05) is 0 Å². The molecular weight excluding hydrogens is 260 g/mol. The number of ketones is 1. The maximum Gasteiger partial charge on any atom is 0.193 e. The molecule has 0 aliphatic carbocycles. The van der Waals surface area contributed by atoms with Gasteiger partial charge in [-0.05, 0) is 48.5 Å². The average Bonchev–Trinajstić information content (AvgIpc) is 2.57. The van der Waals surface area contributed by atoms with Gasteiger partial charge in [0.1, 0.15) is 11.5 Å². The first kappa shape index (κ1) is 13.1. The Bertz CT molecular complexity index is 717. The molecule has 0 aromatic heterocycles. The van der Waals surface area contributed by atoms with E-state index < -0.39 is 0 Å². The molecule has 0 fully saturated rings. The van der Waals surface area contributed by atoms with Crippen LogP contribution >= 0.6 is 0 Å². The van der Waals surface area contributed by atoms with Gasteiger partial charge in [-0.15, -0.1) is 0 Å². The van der Waals surface area contributed by atoms with Gasteiger partial charge in [-0.3, -0.25) is 4.79 Å². The van der Waals surface area contributed by atoms with Crippen LogP contribution in [0.25, 0.3) is 0 Å². The molecule has 0 amide bonds. The predicted octanol–water partition coefficient (Wildman–Crippen LogP) is 4.31. The Kier molecular flexibility index (Phi) is 3.79. The number of ether oxygens (including phenoxy) is 1. The second-order valence-electron chi connectivity index (χ2n) is 4.48. The van der Waals surface area contributed by atoms with Gasteiger partial charge in [0.05, 0.1) is 0 Å². The van der Waals surface area contributed by atoms with Crippen LogP contribution < -0.4 is 4.74 Å². The minimum Gasteiger partial charge on any atom is -0.457 e. The molecule has 2 nitrogen and oxygen atoms in total. The lowest BCUT2D eigenvalue weighted by molar-refractivity contribution is 0.103. The van der Waals surface area contributed by atoms with E-state index in [1.165, 1.54) is 0 Å². The molecule has 0 heterocycles. The fraction of sp³-hybridized carbons (Fsp3) is 0. The molecule has 2 radical (unpaired) electrons. The molecular formula is C19H12O2. The predicted molar refractivity (Wildman–Crippen MR) is 80.5 cm³/mol. The summed E-state index contributed by atoms with van der Waals surface area (Å²) in [5, 5.41) is 0. The van der Waals surface area contributed by atoms with Crippen molar-refractivity contribution in [2.45, 2.75) is 0 Å². The van der Waals surface area contributed by atoms with Crippen molar-refractivity contribution in [1.82, 2.24) is 0 Å². The summed E-state index contributed by atoms with van der Waals surface area (Å²) >= 11 is 0. The molecule has 2 heteroatoms. The van der Waals surface area contributed by atoms with E-state index in [1.807, 2.05) is 12.1 Å². The normalized spacial score (nSPS) is 10.1. The zero-order valence-corrected chi connectivity index (χ0v) is 11.2. The number of benzene rings is 3. The van der Waals surface area contributed by atoms with Crippen molar-refractivity contribution in [3.05, 3.63) is 96.1 Å². The van der Waals surface area contributed by atoms with Crippen molar-refractivity contribution in [2.24, 2.45) is 0 Å². The Labute approximate surface area is 123 Å². The van der Waals surface area contributed by atoms with Gasteiger partial charge in [0.15, 0.2) is 5.78 Å². The molecule has 0 atom stereocenters. The van der Waals surface area contributed by atoms with Gasteiger partial charge in [-0.25, -0.2) is 0 Å². The highest BCUT2D eigenvalue weighted by Gasteiger charge is 2.08. The van der Waals surface area contributed by atoms with Crippen LogP contribution in [0.5, 0.6) is 11.5 Å². The molecule has 0 aliphatic rings. The number of rotatable bonds is 4. The van der Waals surface area contributed by atoms with Crippen molar-refractivity contribution in [3.63, 3.8) is 0 Å². The van der Waals surface area contributed by atoms with Crippen LogP contribution in [0.4, 0.5) is 0 Å². The molecule has 3 rings (SSSR count). The lowest BCUT2D eigenvalue weighted by Gasteiger charge is -2.06. The van der Waals surface area contributed by atoms with E-state index in [0.717, 1.165) is 5.75 Å². The first-order valence-corrected chi connectivity index (χ1v) is 6.58. The summed E-state index contributed by atoms with van der Waals surface area (Å²) in [4.78, 5) is 12.3.